The molecule has 1 N–H and O–H groups in total. The predicted molar refractivity (Wildman–Crippen MR) is 74.7 cm³/mol. The van der Waals surface area contributed by atoms with Gasteiger partial charge in [0.05, 0.1) is 12.8 Å². The van der Waals surface area contributed by atoms with Gasteiger partial charge in [0.15, 0.2) is 0 Å². The Hall–Kier alpha value is -1.52. The van der Waals surface area contributed by atoms with Crippen molar-refractivity contribution in [2.75, 3.05) is 12.4 Å². The van der Waals surface area contributed by atoms with Crippen molar-refractivity contribution in [2.45, 2.75) is 45.3 Å². The van der Waals surface area contributed by atoms with Crippen molar-refractivity contribution >= 4 is 5.69 Å². The highest BCUT2D eigenvalue weighted by Gasteiger charge is 2.22. The summed E-state index contributed by atoms with van der Waals surface area (Å²) >= 11 is 0. The van der Waals surface area contributed by atoms with Crippen LogP contribution in [-0.2, 0) is 0 Å². The molecule has 5 heteroatoms. The molecule has 0 aromatic heterocycles. The zero-order chi connectivity index (χ0) is 14.5. The Balaban J connectivity index is 2.13. The monoisotopic (exact) mass is 285 g/mol. The predicted octanol–water partition coefficient (Wildman–Crippen LogP) is 4.29. The molecule has 2 rings (SSSR count). The minimum Gasteiger partial charge on any atom is -0.497 e. The van der Waals surface area contributed by atoms with Crippen LogP contribution in [-0.4, -0.2) is 19.8 Å². The average molecular weight is 285 g/mol. The van der Waals surface area contributed by atoms with Gasteiger partial charge in [0, 0.05) is 12.1 Å². The molecule has 112 valence electrons. The summed E-state index contributed by atoms with van der Waals surface area (Å²) < 4.78 is 34.6. The fourth-order valence-corrected chi connectivity index (χ4v) is 2.77. The maximum atomic E-state index is 12.4. The van der Waals surface area contributed by atoms with E-state index in [1.807, 2.05) is 0 Å². The number of hydrogen-bond donors (Lipinski definition) is 1. The van der Waals surface area contributed by atoms with Crippen LogP contribution < -0.4 is 14.8 Å². The van der Waals surface area contributed by atoms with Crippen LogP contribution in [0.3, 0.4) is 0 Å². The molecule has 0 spiro atoms. The van der Waals surface area contributed by atoms with E-state index in [1.165, 1.54) is 31.7 Å². The van der Waals surface area contributed by atoms with E-state index < -0.39 is 6.61 Å². The second kappa shape index (κ2) is 6.77. The quantitative estimate of drug-likeness (QED) is 0.846. The molecule has 1 fully saturated rings. The van der Waals surface area contributed by atoms with E-state index >= 15 is 0 Å². The zero-order valence-corrected chi connectivity index (χ0v) is 11.9. The SMILES string of the molecule is COc1ccc(OC(F)F)c(NC(C)C2CCCC2)c1. The fraction of sp³-hybridized carbons (Fsp3) is 0.600. The number of ether oxygens (including phenoxy) is 2. The van der Waals surface area contributed by atoms with Crippen LogP contribution in [0.4, 0.5) is 14.5 Å². The molecule has 1 aliphatic carbocycles. The molecule has 3 nitrogen and oxygen atoms in total. The topological polar surface area (TPSA) is 30.5 Å². The Morgan fingerprint density at radius 3 is 2.55 bits per heavy atom. The third-order valence-electron chi connectivity index (χ3n) is 3.89. The van der Waals surface area contributed by atoms with Gasteiger partial charge in [-0.3, -0.25) is 0 Å². The smallest absolute Gasteiger partial charge is 0.387 e. The standard InChI is InChI=1S/C15H21F2NO2/c1-10(11-5-3-4-6-11)18-13-9-12(19-2)7-8-14(13)20-15(16)17/h7-11,15,18H,3-6H2,1-2H3. The van der Waals surface area contributed by atoms with Gasteiger partial charge in [-0.1, -0.05) is 12.8 Å². The Morgan fingerprint density at radius 2 is 1.95 bits per heavy atom. The van der Waals surface area contributed by atoms with E-state index in [9.17, 15) is 8.78 Å². The van der Waals surface area contributed by atoms with Crippen LogP contribution >= 0.6 is 0 Å². The number of benzene rings is 1. The molecular weight excluding hydrogens is 264 g/mol. The molecule has 1 saturated carbocycles. The third-order valence-corrected chi connectivity index (χ3v) is 3.89. The highest BCUT2D eigenvalue weighted by molar-refractivity contribution is 5.60. The van der Waals surface area contributed by atoms with Crippen LogP contribution in [0.2, 0.25) is 0 Å². The van der Waals surface area contributed by atoms with Gasteiger partial charge < -0.3 is 14.8 Å². The van der Waals surface area contributed by atoms with E-state index in [4.69, 9.17) is 4.74 Å². The van der Waals surface area contributed by atoms with Crippen LogP contribution in [0, 0.1) is 5.92 Å². The molecule has 0 amide bonds. The fourth-order valence-electron chi connectivity index (χ4n) is 2.77. The lowest BCUT2D eigenvalue weighted by molar-refractivity contribution is -0.0494. The first-order valence-corrected chi connectivity index (χ1v) is 6.99. The van der Waals surface area contributed by atoms with Gasteiger partial charge in [-0.15, -0.1) is 0 Å². The van der Waals surface area contributed by atoms with E-state index in [2.05, 4.69) is 17.0 Å². The summed E-state index contributed by atoms with van der Waals surface area (Å²) in [6, 6.07) is 5.05. The van der Waals surface area contributed by atoms with Crippen molar-refractivity contribution in [1.29, 1.82) is 0 Å². The first-order chi connectivity index (χ1) is 9.60. The van der Waals surface area contributed by atoms with Gasteiger partial charge >= 0.3 is 6.61 Å². The van der Waals surface area contributed by atoms with Crippen LogP contribution in [0.25, 0.3) is 0 Å². The van der Waals surface area contributed by atoms with Crippen LogP contribution in [0.1, 0.15) is 32.6 Å². The normalized spacial score (nSPS) is 17.2. The molecule has 1 unspecified atom stereocenters. The van der Waals surface area contributed by atoms with Crippen LogP contribution in [0.15, 0.2) is 18.2 Å². The first-order valence-electron chi connectivity index (χ1n) is 6.99. The molecule has 0 aliphatic heterocycles. The molecule has 1 aromatic carbocycles. The first kappa shape index (κ1) is 14.9. The summed E-state index contributed by atoms with van der Waals surface area (Å²) in [5, 5.41) is 3.29. The summed E-state index contributed by atoms with van der Waals surface area (Å²) in [4.78, 5) is 0. The molecule has 0 heterocycles. The summed E-state index contributed by atoms with van der Waals surface area (Å²) in [7, 11) is 1.55. The average Bonchev–Trinajstić information content (AvgIpc) is 2.94. The largest absolute Gasteiger partial charge is 0.497 e. The van der Waals surface area contributed by atoms with Gasteiger partial charge in [-0.25, -0.2) is 0 Å². The third kappa shape index (κ3) is 3.74. The van der Waals surface area contributed by atoms with Crippen molar-refractivity contribution in [1.82, 2.24) is 0 Å². The Bertz CT molecular complexity index is 434. The summed E-state index contributed by atoms with van der Waals surface area (Å²) in [6.07, 6.45) is 4.86. The van der Waals surface area contributed by atoms with Crippen molar-refractivity contribution in [2.24, 2.45) is 5.92 Å². The lowest BCUT2D eigenvalue weighted by atomic mass is 9.99. The van der Waals surface area contributed by atoms with Gasteiger partial charge in [0.25, 0.3) is 0 Å². The summed E-state index contributed by atoms with van der Waals surface area (Å²) in [5.74, 6) is 1.36. The highest BCUT2D eigenvalue weighted by Crippen LogP contribution is 2.34. The van der Waals surface area contributed by atoms with Crippen molar-refractivity contribution in [3.05, 3.63) is 18.2 Å². The maximum absolute atomic E-state index is 12.4. The van der Waals surface area contributed by atoms with Gasteiger partial charge in [-0.2, -0.15) is 8.78 Å². The Labute approximate surface area is 118 Å². The zero-order valence-electron chi connectivity index (χ0n) is 11.9. The lowest BCUT2D eigenvalue weighted by Gasteiger charge is -2.23. The van der Waals surface area contributed by atoms with E-state index in [1.54, 1.807) is 19.2 Å². The molecule has 0 bridgehead atoms. The number of hydrogen-bond acceptors (Lipinski definition) is 3. The van der Waals surface area contributed by atoms with Crippen molar-refractivity contribution < 1.29 is 18.3 Å². The Morgan fingerprint density at radius 1 is 1.25 bits per heavy atom. The number of alkyl halides is 2. The number of rotatable bonds is 6. The highest BCUT2D eigenvalue weighted by atomic mass is 19.3. The molecule has 1 atom stereocenters. The van der Waals surface area contributed by atoms with Gasteiger partial charge in [0.2, 0.25) is 0 Å². The minimum atomic E-state index is -2.83. The second-order valence-corrected chi connectivity index (χ2v) is 5.22. The van der Waals surface area contributed by atoms with Crippen molar-refractivity contribution in [3.8, 4) is 11.5 Å². The molecule has 1 aromatic rings. The number of nitrogens with one attached hydrogen (secondary N) is 1. The Kier molecular flexibility index (Phi) is 5.04. The molecule has 0 saturated heterocycles. The number of anilines is 1. The maximum Gasteiger partial charge on any atom is 0.387 e. The van der Waals surface area contributed by atoms with E-state index in [-0.39, 0.29) is 11.8 Å². The van der Waals surface area contributed by atoms with E-state index in [0.29, 0.717) is 17.4 Å². The number of halogens is 2. The van der Waals surface area contributed by atoms with Gasteiger partial charge in [0.1, 0.15) is 11.5 Å². The second-order valence-electron chi connectivity index (χ2n) is 5.22. The van der Waals surface area contributed by atoms with E-state index in [0.717, 1.165) is 0 Å². The molecule has 20 heavy (non-hydrogen) atoms. The molecular formula is C15H21F2NO2. The minimum absolute atomic E-state index is 0.158. The van der Waals surface area contributed by atoms with Crippen molar-refractivity contribution in [3.63, 3.8) is 0 Å². The lowest BCUT2D eigenvalue weighted by Crippen LogP contribution is -2.24. The van der Waals surface area contributed by atoms with Crippen LogP contribution in [0.5, 0.6) is 11.5 Å². The summed E-state index contributed by atoms with van der Waals surface area (Å²) in [6.45, 7) is -0.743. The van der Waals surface area contributed by atoms with Gasteiger partial charge in [-0.05, 0) is 37.8 Å². The number of methoxy groups -OCH3 is 1. The summed E-state index contributed by atoms with van der Waals surface area (Å²) in [5.41, 5.74) is 0.559. The molecule has 0 radical (unpaired) electrons. The molecule has 1 aliphatic rings.